The lowest BCUT2D eigenvalue weighted by Gasteiger charge is -2.26. The Balaban J connectivity index is 2.58. The number of nitrogens with zero attached hydrogens (tertiary/aromatic N) is 1. The summed E-state index contributed by atoms with van der Waals surface area (Å²) >= 11 is 1.95. The molecule has 1 aliphatic heterocycles. The quantitative estimate of drug-likeness (QED) is 0.804. The zero-order valence-electron chi connectivity index (χ0n) is 10.8. The highest BCUT2D eigenvalue weighted by Gasteiger charge is 2.29. The summed E-state index contributed by atoms with van der Waals surface area (Å²) in [4.78, 5) is 14.0. The average molecular weight is 244 g/mol. The standard InChI is InChI=1S/C12H24N2OS/c1-9(2)10(13)11(15)14-6-5-12(3,4)16-8-7-14/h9-10H,5-8,13H2,1-4H3/t10-/m0/s1. The summed E-state index contributed by atoms with van der Waals surface area (Å²) in [5, 5.41) is 0. The van der Waals surface area contributed by atoms with Crippen LogP contribution in [0.1, 0.15) is 34.1 Å². The van der Waals surface area contributed by atoms with Gasteiger partial charge in [0.25, 0.3) is 0 Å². The van der Waals surface area contributed by atoms with Crippen molar-refractivity contribution in [3.05, 3.63) is 0 Å². The summed E-state index contributed by atoms with van der Waals surface area (Å²) < 4.78 is 0.289. The molecule has 1 heterocycles. The summed E-state index contributed by atoms with van der Waals surface area (Å²) in [5.41, 5.74) is 5.91. The van der Waals surface area contributed by atoms with E-state index < -0.39 is 0 Å². The molecule has 0 bridgehead atoms. The van der Waals surface area contributed by atoms with Gasteiger partial charge in [-0.05, 0) is 12.3 Å². The highest BCUT2D eigenvalue weighted by molar-refractivity contribution is 8.00. The van der Waals surface area contributed by atoms with Gasteiger partial charge in [-0.15, -0.1) is 0 Å². The lowest BCUT2D eigenvalue weighted by Crippen LogP contribution is -2.47. The number of thioether (sulfide) groups is 1. The van der Waals surface area contributed by atoms with Gasteiger partial charge in [-0.25, -0.2) is 0 Å². The maximum Gasteiger partial charge on any atom is 0.239 e. The number of carbonyl (C=O) groups excluding carboxylic acids is 1. The Hall–Kier alpha value is -0.220. The van der Waals surface area contributed by atoms with Crippen LogP contribution in [0.25, 0.3) is 0 Å². The van der Waals surface area contributed by atoms with E-state index in [-0.39, 0.29) is 22.6 Å². The van der Waals surface area contributed by atoms with E-state index in [0.717, 1.165) is 25.3 Å². The van der Waals surface area contributed by atoms with Gasteiger partial charge in [-0.3, -0.25) is 4.79 Å². The second-order valence-corrected chi connectivity index (χ2v) is 7.26. The zero-order valence-corrected chi connectivity index (χ0v) is 11.6. The number of hydrogen-bond donors (Lipinski definition) is 1. The van der Waals surface area contributed by atoms with Crippen molar-refractivity contribution in [2.24, 2.45) is 11.7 Å². The summed E-state index contributed by atoms with van der Waals surface area (Å²) in [7, 11) is 0. The topological polar surface area (TPSA) is 46.3 Å². The van der Waals surface area contributed by atoms with E-state index in [4.69, 9.17) is 5.73 Å². The first kappa shape index (κ1) is 13.8. The number of nitrogens with two attached hydrogens (primary N) is 1. The van der Waals surface area contributed by atoms with Crippen molar-refractivity contribution in [1.29, 1.82) is 0 Å². The molecule has 4 heteroatoms. The predicted octanol–water partition coefficient (Wildman–Crippen LogP) is 1.71. The molecule has 0 aromatic rings. The second kappa shape index (κ2) is 5.41. The fourth-order valence-electron chi connectivity index (χ4n) is 1.74. The van der Waals surface area contributed by atoms with Crippen LogP contribution in [0.5, 0.6) is 0 Å². The fraction of sp³-hybridized carbons (Fsp3) is 0.917. The van der Waals surface area contributed by atoms with Crippen LogP contribution >= 0.6 is 11.8 Å². The van der Waals surface area contributed by atoms with Gasteiger partial charge in [0.15, 0.2) is 0 Å². The molecule has 1 saturated heterocycles. The van der Waals surface area contributed by atoms with E-state index in [1.165, 1.54) is 0 Å². The first-order valence-electron chi connectivity index (χ1n) is 6.02. The normalized spacial score (nSPS) is 23.0. The summed E-state index contributed by atoms with van der Waals surface area (Å²) in [5.74, 6) is 1.36. The molecule has 0 aliphatic carbocycles. The fourth-order valence-corrected chi connectivity index (χ4v) is 2.84. The SMILES string of the molecule is CC(C)[C@H](N)C(=O)N1CCSC(C)(C)CC1. The van der Waals surface area contributed by atoms with Gasteiger partial charge in [0, 0.05) is 23.6 Å². The van der Waals surface area contributed by atoms with Gasteiger partial charge in [0.05, 0.1) is 6.04 Å². The molecule has 0 spiro atoms. The maximum atomic E-state index is 12.1. The molecule has 0 aromatic heterocycles. The van der Waals surface area contributed by atoms with Crippen molar-refractivity contribution in [2.45, 2.75) is 44.9 Å². The molecule has 3 nitrogen and oxygen atoms in total. The van der Waals surface area contributed by atoms with Crippen molar-refractivity contribution in [3.63, 3.8) is 0 Å². The Morgan fingerprint density at radius 3 is 2.56 bits per heavy atom. The minimum Gasteiger partial charge on any atom is -0.340 e. The third kappa shape index (κ3) is 3.67. The molecule has 0 aromatic carbocycles. The number of hydrogen-bond acceptors (Lipinski definition) is 3. The Morgan fingerprint density at radius 2 is 2.00 bits per heavy atom. The van der Waals surface area contributed by atoms with Crippen LogP contribution < -0.4 is 5.73 Å². The van der Waals surface area contributed by atoms with Gasteiger partial charge in [0.1, 0.15) is 0 Å². The van der Waals surface area contributed by atoms with E-state index in [2.05, 4.69) is 13.8 Å². The minimum atomic E-state index is -0.341. The Bertz CT molecular complexity index is 253. The highest BCUT2D eigenvalue weighted by atomic mass is 32.2. The van der Waals surface area contributed by atoms with Crippen LogP contribution in [-0.4, -0.2) is 40.4 Å². The molecular formula is C12H24N2OS. The van der Waals surface area contributed by atoms with Gasteiger partial charge in [-0.2, -0.15) is 11.8 Å². The molecule has 1 rings (SSSR count). The first-order valence-corrected chi connectivity index (χ1v) is 7.00. The Labute approximate surface area is 103 Å². The lowest BCUT2D eigenvalue weighted by molar-refractivity contribution is -0.133. The van der Waals surface area contributed by atoms with Gasteiger partial charge in [-0.1, -0.05) is 27.7 Å². The van der Waals surface area contributed by atoms with Gasteiger partial charge >= 0.3 is 0 Å². The van der Waals surface area contributed by atoms with E-state index in [1.54, 1.807) is 0 Å². The van der Waals surface area contributed by atoms with Crippen LogP contribution in [0.3, 0.4) is 0 Å². The van der Waals surface area contributed by atoms with Gasteiger partial charge < -0.3 is 10.6 Å². The molecule has 94 valence electrons. The average Bonchev–Trinajstić information content (AvgIpc) is 2.37. The zero-order chi connectivity index (χ0) is 12.3. The molecule has 2 N–H and O–H groups in total. The van der Waals surface area contributed by atoms with Crippen LogP contribution in [0.4, 0.5) is 0 Å². The first-order chi connectivity index (χ1) is 7.33. The molecule has 1 fully saturated rings. The molecule has 0 unspecified atom stereocenters. The third-order valence-electron chi connectivity index (χ3n) is 3.15. The number of carbonyl (C=O) groups is 1. The largest absolute Gasteiger partial charge is 0.340 e. The number of rotatable bonds is 2. The van der Waals surface area contributed by atoms with Gasteiger partial charge in [0.2, 0.25) is 5.91 Å². The molecular weight excluding hydrogens is 220 g/mol. The smallest absolute Gasteiger partial charge is 0.239 e. The molecule has 0 radical (unpaired) electrons. The van der Waals surface area contributed by atoms with E-state index >= 15 is 0 Å². The molecule has 16 heavy (non-hydrogen) atoms. The highest BCUT2D eigenvalue weighted by Crippen LogP contribution is 2.30. The van der Waals surface area contributed by atoms with E-state index in [1.807, 2.05) is 30.5 Å². The maximum absolute atomic E-state index is 12.1. The third-order valence-corrected chi connectivity index (χ3v) is 4.53. The van der Waals surface area contributed by atoms with Crippen LogP contribution in [-0.2, 0) is 4.79 Å². The Morgan fingerprint density at radius 1 is 1.38 bits per heavy atom. The van der Waals surface area contributed by atoms with Crippen LogP contribution in [0, 0.1) is 5.92 Å². The van der Waals surface area contributed by atoms with Crippen molar-refractivity contribution < 1.29 is 4.79 Å². The monoisotopic (exact) mass is 244 g/mol. The van der Waals surface area contributed by atoms with E-state index in [9.17, 15) is 4.79 Å². The van der Waals surface area contributed by atoms with Crippen molar-refractivity contribution >= 4 is 17.7 Å². The molecule has 1 amide bonds. The van der Waals surface area contributed by atoms with Crippen molar-refractivity contribution in [2.75, 3.05) is 18.8 Å². The molecule has 0 saturated carbocycles. The van der Waals surface area contributed by atoms with Crippen LogP contribution in [0.2, 0.25) is 0 Å². The van der Waals surface area contributed by atoms with E-state index in [0.29, 0.717) is 0 Å². The van der Waals surface area contributed by atoms with Crippen molar-refractivity contribution in [3.8, 4) is 0 Å². The minimum absolute atomic E-state index is 0.119. The molecule has 1 atom stereocenters. The summed E-state index contributed by atoms with van der Waals surface area (Å²) in [6.07, 6.45) is 1.05. The van der Waals surface area contributed by atoms with Crippen LogP contribution in [0.15, 0.2) is 0 Å². The van der Waals surface area contributed by atoms with Crippen molar-refractivity contribution in [1.82, 2.24) is 4.90 Å². The lowest BCUT2D eigenvalue weighted by atomic mass is 10.0. The summed E-state index contributed by atoms with van der Waals surface area (Å²) in [6.45, 7) is 10.2. The number of amides is 1. The summed E-state index contributed by atoms with van der Waals surface area (Å²) in [6, 6.07) is -0.341. The Kier molecular flexibility index (Phi) is 4.68. The predicted molar refractivity (Wildman–Crippen MR) is 70.5 cm³/mol. The second-order valence-electron chi connectivity index (χ2n) is 5.45. The molecule has 1 aliphatic rings.